The van der Waals surface area contributed by atoms with Crippen molar-refractivity contribution in [3.05, 3.63) is 60.7 Å². The summed E-state index contributed by atoms with van der Waals surface area (Å²) in [4.78, 5) is 3.96. The van der Waals surface area contributed by atoms with E-state index in [1.807, 2.05) is 24.3 Å². The van der Waals surface area contributed by atoms with Gasteiger partial charge in [0.25, 0.3) is 0 Å². The van der Waals surface area contributed by atoms with Crippen molar-refractivity contribution in [2.24, 2.45) is 0 Å². The number of aromatic amines is 1. The fourth-order valence-corrected chi connectivity index (χ4v) is 1.80. The van der Waals surface area contributed by atoms with Crippen LogP contribution in [0.3, 0.4) is 0 Å². The number of benzene rings is 1. The zero-order chi connectivity index (χ0) is 12.4. The molecule has 0 amide bonds. The molecule has 3 aromatic rings. The second-order valence-electron chi connectivity index (χ2n) is 3.91. The van der Waals surface area contributed by atoms with Crippen molar-refractivity contribution in [3.63, 3.8) is 0 Å². The minimum absolute atomic E-state index is 0.263. The Bertz CT molecular complexity index is 662. The number of hydrogen-bond donors (Lipinski definition) is 1. The first-order valence-corrected chi connectivity index (χ1v) is 5.55. The van der Waals surface area contributed by atoms with Gasteiger partial charge in [-0.2, -0.15) is 5.10 Å². The van der Waals surface area contributed by atoms with E-state index in [-0.39, 0.29) is 5.82 Å². The molecule has 0 aliphatic rings. The molecule has 0 aliphatic carbocycles. The quantitative estimate of drug-likeness (QED) is 0.745. The van der Waals surface area contributed by atoms with Gasteiger partial charge < -0.3 is 0 Å². The lowest BCUT2D eigenvalue weighted by molar-refractivity contribution is 0.628. The van der Waals surface area contributed by atoms with E-state index in [0.717, 1.165) is 22.5 Å². The van der Waals surface area contributed by atoms with Crippen LogP contribution in [0.1, 0.15) is 0 Å². The van der Waals surface area contributed by atoms with Crippen molar-refractivity contribution in [2.45, 2.75) is 0 Å². The van der Waals surface area contributed by atoms with Gasteiger partial charge >= 0.3 is 0 Å². The Hall–Kier alpha value is -2.49. The van der Waals surface area contributed by atoms with E-state index < -0.39 is 0 Å². The van der Waals surface area contributed by atoms with E-state index in [2.05, 4.69) is 15.2 Å². The van der Waals surface area contributed by atoms with E-state index in [1.54, 1.807) is 18.5 Å². The lowest BCUT2D eigenvalue weighted by Crippen LogP contribution is -1.79. The van der Waals surface area contributed by atoms with Gasteiger partial charge in [0.05, 0.1) is 11.4 Å². The number of H-pyrrole nitrogens is 1. The zero-order valence-corrected chi connectivity index (χ0v) is 9.47. The largest absolute Gasteiger partial charge is 0.277 e. The molecular formula is C14H10FN3. The third-order valence-corrected chi connectivity index (χ3v) is 2.69. The summed E-state index contributed by atoms with van der Waals surface area (Å²) in [6.45, 7) is 0. The molecule has 4 heteroatoms. The Morgan fingerprint density at radius 1 is 0.944 bits per heavy atom. The number of pyridine rings is 1. The average molecular weight is 239 g/mol. The van der Waals surface area contributed by atoms with Gasteiger partial charge in [-0.05, 0) is 30.3 Å². The fraction of sp³-hybridized carbons (Fsp3) is 0. The first-order valence-electron chi connectivity index (χ1n) is 5.55. The Morgan fingerprint density at radius 3 is 2.56 bits per heavy atom. The molecule has 3 rings (SSSR count). The highest BCUT2D eigenvalue weighted by Crippen LogP contribution is 2.23. The number of nitrogens with zero attached hydrogens (tertiary/aromatic N) is 2. The number of halogens is 1. The molecule has 2 aromatic heterocycles. The smallest absolute Gasteiger partial charge is 0.123 e. The van der Waals surface area contributed by atoms with E-state index >= 15 is 0 Å². The number of hydrogen-bond acceptors (Lipinski definition) is 2. The van der Waals surface area contributed by atoms with Crippen LogP contribution in [0.15, 0.2) is 54.9 Å². The van der Waals surface area contributed by atoms with Gasteiger partial charge in [-0.1, -0.05) is 12.1 Å². The van der Waals surface area contributed by atoms with Crippen molar-refractivity contribution >= 4 is 0 Å². The van der Waals surface area contributed by atoms with Crippen molar-refractivity contribution in [2.75, 3.05) is 0 Å². The normalized spacial score (nSPS) is 10.5. The van der Waals surface area contributed by atoms with Crippen LogP contribution in [0, 0.1) is 5.82 Å². The summed E-state index contributed by atoms with van der Waals surface area (Å²) in [5, 5.41) is 7.13. The SMILES string of the molecule is Fc1cccc(-c2cc(-c3ccncc3)[nH]n2)c1. The Labute approximate surface area is 103 Å². The summed E-state index contributed by atoms with van der Waals surface area (Å²) < 4.78 is 13.1. The van der Waals surface area contributed by atoms with E-state index in [9.17, 15) is 4.39 Å². The van der Waals surface area contributed by atoms with Gasteiger partial charge in [-0.15, -0.1) is 0 Å². The highest BCUT2D eigenvalue weighted by Gasteiger charge is 2.06. The van der Waals surface area contributed by atoms with Crippen molar-refractivity contribution in [3.8, 4) is 22.5 Å². The second kappa shape index (κ2) is 4.41. The van der Waals surface area contributed by atoms with Gasteiger partial charge in [0.2, 0.25) is 0 Å². The summed E-state index contributed by atoms with van der Waals surface area (Å²) in [5.74, 6) is -0.263. The second-order valence-corrected chi connectivity index (χ2v) is 3.91. The highest BCUT2D eigenvalue weighted by molar-refractivity contribution is 5.67. The first-order chi connectivity index (χ1) is 8.83. The molecular weight excluding hydrogens is 229 g/mol. The fourth-order valence-electron chi connectivity index (χ4n) is 1.80. The molecule has 0 spiro atoms. The molecule has 0 saturated carbocycles. The average Bonchev–Trinajstić information content (AvgIpc) is 2.89. The molecule has 1 aromatic carbocycles. The number of rotatable bonds is 2. The van der Waals surface area contributed by atoms with Crippen LogP contribution in [0.4, 0.5) is 4.39 Å². The lowest BCUT2D eigenvalue weighted by atomic mass is 10.1. The summed E-state index contributed by atoms with van der Waals surface area (Å²) >= 11 is 0. The Balaban J connectivity index is 2.00. The monoisotopic (exact) mass is 239 g/mol. The molecule has 0 saturated heterocycles. The third-order valence-electron chi connectivity index (χ3n) is 2.69. The summed E-state index contributed by atoms with van der Waals surface area (Å²) in [7, 11) is 0. The summed E-state index contributed by atoms with van der Waals surface area (Å²) in [5.41, 5.74) is 3.37. The van der Waals surface area contributed by atoms with E-state index in [4.69, 9.17) is 0 Å². The van der Waals surface area contributed by atoms with E-state index in [0.29, 0.717) is 0 Å². The molecule has 1 N–H and O–H groups in total. The Morgan fingerprint density at radius 2 is 1.78 bits per heavy atom. The topological polar surface area (TPSA) is 41.6 Å². The summed E-state index contributed by atoms with van der Waals surface area (Å²) in [6, 6.07) is 12.1. The standard InChI is InChI=1S/C14H10FN3/c15-12-3-1-2-11(8-12)14-9-13(17-18-14)10-4-6-16-7-5-10/h1-9H,(H,17,18). The van der Waals surface area contributed by atoms with Gasteiger partial charge in [0.1, 0.15) is 5.82 Å². The maximum Gasteiger partial charge on any atom is 0.123 e. The minimum atomic E-state index is -0.263. The molecule has 0 unspecified atom stereocenters. The van der Waals surface area contributed by atoms with Crippen LogP contribution < -0.4 is 0 Å². The maximum atomic E-state index is 13.1. The molecule has 2 heterocycles. The molecule has 0 fully saturated rings. The number of nitrogens with one attached hydrogen (secondary N) is 1. The molecule has 0 radical (unpaired) electrons. The van der Waals surface area contributed by atoms with Crippen molar-refractivity contribution in [1.82, 2.24) is 15.2 Å². The molecule has 88 valence electrons. The molecule has 0 bridgehead atoms. The lowest BCUT2D eigenvalue weighted by Gasteiger charge is -1.95. The van der Waals surface area contributed by atoms with Gasteiger partial charge in [0.15, 0.2) is 0 Å². The predicted octanol–water partition coefficient (Wildman–Crippen LogP) is 3.28. The van der Waals surface area contributed by atoms with E-state index in [1.165, 1.54) is 12.1 Å². The first kappa shape index (κ1) is 10.7. The zero-order valence-electron chi connectivity index (χ0n) is 9.47. The highest BCUT2D eigenvalue weighted by atomic mass is 19.1. The van der Waals surface area contributed by atoms with Crippen LogP contribution >= 0.6 is 0 Å². The van der Waals surface area contributed by atoms with Crippen LogP contribution in [0.5, 0.6) is 0 Å². The summed E-state index contributed by atoms with van der Waals surface area (Å²) in [6.07, 6.45) is 3.44. The maximum absolute atomic E-state index is 13.1. The van der Waals surface area contributed by atoms with Crippen molar-refractivity contribution < 1.29 is 4.39 Å². The molecule has 0 aliphatic heterocycles. The molecule has 0 atom stereocenters. The van der Waals surface area contributed by atoms with Gasteiger partial charge in [0, 0.05) is 23.5 Å². The van der Waals surface area contributed by atoms with Crippen LogP contribution in [-0.2, 0) is 0 Å². The van der Waals surface area contributed by atoms with Gasteiger partial charge in [-0.3, -0.25) is 10.1 Å². The number of aromatic nitrogens is 3. The predicted molar refractivity (Wildman–Crippen MR) is 67.2 cm³/mol. The van der Waals surface area contributed by atoms with Crippen LogP contribution in [0.25, 0.3) is 22.5 Å². The Kier molecular flexibility index (Phi) is 2.61. The van der Waals surface area contributed by atoms with Crippen molar-refractivity contribution in [1.29, 1.82) is 0 Å². The van der Waals surface area contributed by atoms with Gasteiger partial charge in [-0.25, -0.2) is 4.39 Å². The minimum Gasteiger partial charge on any atom is -0.277 e. The molecule has 18 heavy (non-hydrogen) atoms. The van der Waals surface area contributed by atoms with Crippen LogP contribution in [-0.4, -0.2) is 15.2 Å². The molecule has 3 nitrogen and oxygen atoms in total. The third kappa shape index (κ3) is 2.00. The van der Waals surface area contributed by atoms with Crippen LogP contribution in [0.2, 0.25) is 0 Å².